The molecule has 0 saturated heterocycles. The van der Waals surface area contributed by atoms with Crippen molar-refractivity contribution >= 4 is 13.0 Å². The molecule has 0 spiro atoms. The van der Waals surface area contributed by atoms with Crippen LogP contribution in [-0.4, -0.2) is 19.6 Å². The van der Waals surface area contributed by atoms with E-state index in [0.29, 0.717) is 25.7 Å². The van der Waals surface area contributed by atoms with Crippen molar-refractivity contribution in [2.45, 2.75) is 310 Å². The fourth-order valence-electron chi connectivity index (χ4n) is 8.60. The summed E-state index contributed by atoms with van der Waals surface area (Å²) in [4.78, 5) is 41.9. The Balaban J connectivity index is 5.16. The first-order valence-corrected chi connectivity index (χ1v) is 34.0. The fraction of sp³-hybridized carbons (Fsp3) is 0.845. The molecule has 0 fully saturated rings. The van der Waals surface area contributed by atoms with Gasteiger partial charge in [-0.3, -0.25) is 0 Å². The zero-order valence-electron chi connectivity index (χ0n) is 43.7. The Morgan fingerprint density at radius 1 is 0.323 bits per heavy atom. The SMILES string of the molecule is CCCCCCCC/C=C\CCCCCCCC(=O)[O][Zr](=[O])([O]CCCC)([C](=O)CCCCCCC/C=C\CCCCCCCC)[C](=O)CCCCCCC/C=C\CCCCCCCC. The molecule has 0 N–H and O–H groups in total. The van der Waals surface area contributed by atoms with E-state index in [4.69, 9.17) is 5.63 Å². The third-order valence-corrected chi connectivity index (χ3v) is 22.3. The number of hydrogen-bond acceptors (Lipinski definition) is 6. The van der Waals surface area contributed by atoms with Gasteiger partial charge in [-0.05, 0) is 6.42 Å². The van der Waals surface area contributed by atoms with E-state index in [1.165, 1.54) is 122 Å². The summed E-state index contributed by atoms with van der Waals surface area (Å²) in [6.07, 6.45) is 59.3. The van der Waals surface area contributed by atoms with E-state index < -0.39 is 32.6 Å². The molecule has 0 amide bonds. The van der Waals surface area contributed by atoms with E-state index >= 15 is 2.81 Å². The van der Waals surface area contributed by atoms with Gasteiger partial charge in [-0.1, -0.05) is 117 Å². The van der Waals surface area contributed by atoms with Crippen molar-refractivity contribution in [3.8, 4) is 0 Å². The van der Waals surface area contributed by atoms with Gasteiger partial charge in [0, 0.05) is 0 Å². The van der Waals surface area contributed by atoms with Gasteiger partial charge in [0.05, 0.1) is 0 Å². The molecule has 0 aliphatic heterocycles. The average molecular weight is 993 g/mol. The monoisotopic (exact) mass is 991 g/mol. The molecule has 0 aliphatic carbocycles. The first-order chi connectivity index (χ1) is 31.8. The average Bonchev–Trinajstić information content (AvgIpc) is 3.30. The summed E-state index contributed by atoms with van der Waals surface area (Å²) in [7, 11) is 0. The van der Waals surface area contributed by atoms with Gasteiger partial charge in [0.1, 0.15) is 0 Å². The van der Waals surface area contributed by atoms with Gasteiger partial charge >= 0.3 is 285 Å². The summed E-state index contributed by atoms with van der Waals surface area (Å²) in [5, 5.41) is 0. The molecule has 0 aromatic heterocycles. The second-order valence-corrected chi connectivity index (χ2v) is 28.3. The first-order valence-electron chi connectivity index (χ1n) is 28.6. The van der Waals surface area contributed by atoms with Gasteiger partial charge in [-0.2, -0.15) is 0 Å². The standard InChI is InChI=1S/C18H34O2.2C18H33O.C4H9O.O.Zr/c1-2-3-4-5-6-7-8-9-10-11-12-13-14-15-16-17-18(19)20;2*1-2-3-4-5-6-7-8-9-10-11-12-13-14-15-16-17-18-19;1-2-3-4-5;;/h9-10H,2-8,11-17H2,1H3,(H,19,20);2*9-10H,2-8,11-17H2,1H3;2-4H2,1H3;;/q;;;-1;;+2/p-1/b3*10-9-;;;. The van der Waals surface area contributed by atoms with E-state index in [-0.39, 0.29) is 25.9 Å². The molecule has 0 saturated carbocycles. The van der Waals surface area contributed by atoms with Gasteiger partial charge in [0.2, 0.25) is 0 Å². The summed E-state index contributed by atoms with van der Waals surface area (Å²) in [5.41, 5.74) is 0. The van der Waals surface area contributed by atoms with Crippen LogP contribution in [0.1, 0.15) is 310 Å². The van der Waals surface area contributed by atoms with Gasteiger partial charge in [0.15, 0.2) is 0 Å². The Bertz CT molecular complexity index is 1190. The van der Waals surface area contributed by atoms with Crippen LogP contribution >= 0.6 is 0 Å². The quantitative estimate of drug-likeness (QED) is 0.0446. The van der Waals surface area contributed by atoms with Crippen molar-refractivity contribution < 1.29 is 42.5 Å². The van der Waals surface area contributed by atoms with E-state index in [2.05, 4.69) is 57.2 Å². The molecular formula is C58H108O6Zr. The minimum atomic E-state index is -7.05. The molecule has 0 aromatic carbocycles. The number of allylic oxidation sites excluding steroid dienone is 6. The van der Waals surface area contributed by atoms with Crippen LogP contribution in [0, 0.1) is 0 Å². The van der Waals surface area contributed by atoms with Crippen LogP contribution in [0.3, 0.4) is 0 Å². The maximum atomic E-state index is 15.3. The summed E-state index contributed by atoms with van der Waals surface area (Å²) in [5.74, 6) is -0.712. The topological polar surface area (TPSA) is 86.7 Å². The van der Waals surface area contributed by atoms with Crippen molar-refractivity contribution in [3.63, 3.8) is 0 Å². The van der Waals surface area contributed by atoms with E-state index in [1.54, 1.807) is 0 Å². The molecule has 0 radical (unpaired) electrons. The number of carbonyl (C=O) groups excluding carboxylic acids is 3. The Labute approximate surface area is 406 Å². The summed E-state index contributed by atoms with van der Waals surface area (Å²) >= 11 is -7.05. The Kier molecular flexibility index (Phi) is 46.8. The van der Waals surface area contributed by atoms with Gasteiger partial charge < -0.3 is 0 Å². The number of carbonyl (C=O) groups is 3. The molecule has 0 bridgehead atoms. The molecule has 380 valence electrons. The molecular weight excluding hydrogens is 884 g/mol. The Hall–Kier alpha value is -1.33. The van der Waals surface area contributed by atoms with Gasteiger partial charge in [-0.25, -0.2) is 0 Å². The van der Waals surface area contributed by atoms with Crippen LogP contribution in [0.25, 0.3) is 0 Å². The Morgan fingerprint density at radius 2 is 0.569 bits per heavy atom. The van der Waals surface area contributed by atoms with Crippen LogP contribution in [0.4, 0.5) is 0 Å². The predicted molar refractivity (Wildman–Crippen MR) is 276 cm³/mol. The second kappa shape index (κ2) is 47.7. The van der Waals surface area contributed by atoms with Crippen molar-refractivity contribution in [1.29, 1.82) is 0 Å². The van der Waals surface area contributed by atoms with Crippen molar-refractivity contribution in [2.75, 3.05) is 6.61 Å². The van der Waals surface area contributed by atoms with Crippen molar-refractivity contribution in [1.82, 2.24) is 0 Å². The first kappa shape index (κ1) is 63.7. The van der Waals surface area contributed by atoms with Crippen LogP contribution in [-0.2, 0) is 42.5 Å². The number of unbranched alkanes of at least 4 members (excludes halogenated alkanes) is 34. The summed E-state index contributed by atoms with van der Waals surface area (Å²) in [6.45, 7) is 8.74. The molecule has 65 heavy (non-hydrogen) atoms. The molecule has 0 aromatic rings. The van der Waals surface area contributed by atoms with E-state index in [1.807, 2.05) is 6.92 Å². The van der Waals surface area contributed by atoms with Gasteiger partial charge in [-0.15, -0.1) is 0 Å². The smallest absolute Gasteiger partial charge is 0.0654 e. The zero-order chi connectivity index (χ0) is 47.7. The van der Waals surface area contributed by atoms with Crippen LogP contribution in [0.15, 0.2) is 36.5 Å². The maximum absolute atomic E-state index is 15.3. The van der Waals surface area contributed by atoms with Crippen molar-refractivity contribution in [2.24, 2.45) is 0 Å². The molecule has 0 unspecified atom stereocenters. The normalized spacial score (nSPS) is 12.4. The molecule has 0 aliphatic rings. The van der Waals surface area contributed by atoms with Crippen LogP contribution in [0.5, 0.6) is 0 Å². The number of rotatable bonds is 52. The molecule has 6 nitrogen and oxygen atoms in total. The predicted octanol–water partition coefficient (Wildman–Crippen LogP) is 19.4. The summed E-state index contributed by atoms with van der Waals surface area (Å²) in [6, 6.07) is 0. The second-order valence-electron chi connectivity index (χ2n) is 19.5. The molecule has 0 atom stereocenters. The molecule has 0 rings (SSSR count). The van der Waals surface area contributed by atoms with Crippen LogP contribution < -0.4 is 0 Å². The minimum Gasteiger partial charge on any atom is -0.0654 e. The number of hydrogen-bond donors (Lipinski definition) is 0. The van der Waals surface area contributed by atoms with Crippen molar-refractivity contribution in [3.05, 3.63) is 36.5 Å². The molecule has 0 heterocycles. The van der Waals surface area contributed by atoms with Gasteiger partial charge in [0.25, 0.3) is 0 Å². The Morgan fingerprint density at radius 3 is 0.862 bits per heavy atom. The van der Waals surface area contributed by atoms with E-state index in [0.717, 1.165) is 116 Å². The molecule has 7 heteroatoms. The van der Waals surface area contributed by atoms with E-state index in [9.17, 15) is 14.4 Å². The minimum absolute atomic E-state index is 0.0117. The summed E-state index contributed by atoms with van der Waals surface area (Å²) < 4.78 is 25.7. The third-order valence-electron chi connectivity index (χ3n) is 13.1. The zero-order valence-corrected chi connectivity index (χ0v) is 46.2. The fourth-order valence-corrected chi connectivity index (χ4v) is 16.4. The van der Waals surface area contributed by atoms with Crippen LogP contribution in [0.2, 0.25) is 0 Å². The third kappa shape index (κ3) is 37.3.